The second-order valence-corrected chi connectivity index (χ2v) is 10.8. The molecule has 4 rings (SSSR count). The van der Waals surface area contributed by atoms with Gasteiger partial charge in [0.05, 0.1) is 6.04 Å². The number of hydrazone groups is 1. The number of nitrogens with one attached hydrogen (secondary N) is 1. The van der Waals surface area contributed by atoms with Crippen LogP contribution in [0.4, 0.5) is 0 Å². The predicted molar refractivity (Wildman–Crippen MR) is 148 cm³/mol. The van der Waals surface area contributed by atoms with Gasteiger partial charge in [-0.05, 0) is 67.2 Å². The van der Waals surface area contributed by atoms with E-state index in [0.717, 1.165) is 48.8 Å². The highest BCUT2D eigenvalue weighted by Crippen LogP contribution is 2.47. The number of nitrogens with two attached hydrogens (primary N) is 1. The van der Waals surface area contributed by atoms with E-state index >= 15 is 0 Å². The molecule has 1 amide bonds. The number of amidine groups is 1. The summed E-state index contributed by atoms with van der Waals surface area (Å²) in [6, 6.07) is 15.8. The Hall–Kier alpha value is -2.86. The molecule has 1 saturated carbocycles. The van der Waals surface area contributed by atoms with Gasteiger partial charge in [0.25, 0.3) is 5.91 Å². The third kappa shape index (κ3) is 5.29. The highest BCUT2D eigenvalue weighted by atomic mass is 35.5. The van der Waals surface area contributed by atoms with E-state index in [9.17, 15) is 4.79 Å². The fraction of sp³-hybridized carbons (Fsp3) is 0.483. The molecule has 1 fully saturated rings. The first-order chi connectivity index (χ1) is 17.3. The van der Waals surface area contributed by atoms with Crippen LogP contribution in [0.25, 0.3) is 0 Å². The molecular formula is C29H38ClN5O. The van der Waals surface area contributed by atoms with Gasteiger partial charge in [0.2, 0.25) is 0 Å². The number of benzene rings is 2. The quantitative estimate of drug-likeness (QED) is 0.273. The first-order valence-electron chi connectivity index (χ1n) is 13.0. The highest BCUT2D eigenvalue weighted by molar-refractivity contribution is 6.47. The van der Waals surface area contributed by atoms with E-state index in [0.29, 0.717) is 34.8 Å². The predicted octanol–water partition coefficient (Wildman–Crippen LogP) is 5.70. The summed E-state index contributed by atoms with van der Waals surface area (Å²) in [5.41, 5.74) is 11.7. The molecule has 0 radical (unpaired) electrons. The van der Waals surface area contributed by atoms with Crippen LogP contribution >= 0.6 is 11.6 Å². The van der Waals surface area contributed by atoms with Crippen LogP contribution in [0.2, 0.25) is 5.02 Å². The van der Waals surface area contributed by atoms with E-state index in [1.165, 1.54) is 0 Å². The summed E-state index contributed by atoms with van der Waals surface area (Å²) in [6.45, 7) is 6.74. The number of rotatable bonds is 8. The van der Waals surface area contributed by atoms with Gasteiger partial charge in [-0.3, -0.25) is 9.79 Å². The van der Waals surface area contributed by atoms with Gasteiger partial charge in [-0.1, -0.05) is 68.8 Å². The monoisotopic (exact) mass is 507 g/mol. The minimum Gasteiger partial charge on any atom is -0.385 e. The third-order valence-corrected chi connectivity index (χ3v) is 8.00. The van der Waals surface area contributed by atoms with Crippen molar-refractivity contribution in [3.05, 3.63) is 70.2 Å². The SMILES string of the molecule is CCC(c1ccc(C/C(N)=N/NC)cc1)N1C(=O)C(c2cccc(Cl)c2)=NC12CCC(C(C)C)CC2. The standard InChI is InChI=1S/C29H38ClN5O/c1-5-25(22-11-9-20(10-12-22)17-26(31)34-32-4)35-28(36)27(23-7-6-8-24(30)18-23)33-29(35)15-13-21(14-16-29)19(2)3/h6-12,18-19,21,25,32H,5,13-17H2,1-4H3,(H2,31,34). The molecule has 1 aliphatic heterocycles. The fourth-order valence-corrected chi connectivity index (χ4v) is 6.00. The largest absolute Gasteiger partial charge is 0.385 e. The Balaban J connectivity index is 1.69. The molecule has 7 heteroatoms. The van der Waals surface area contributed by atoms with Crippen LogP contribution in [0.3, 0.4) is 0 Å². The Morgan fingerprint density at radius 3 is 2.50 bits per heavy atom. The molecule has 1 unspecified atom stereocenters. The molecular weight excluding hydrogens is 470 g/mol. The smallest absolute Gasteiger partial charge is 0.275 e. The number of amides is 1. The van der Waals surface area contributed by atoms with Gasteiger partial charge in [0.1, 0.15) is 17.2 Å². The molecule has 0 aromatic heterocycles. The maximum Gasteiger partial charge on any atom is 0.275 e. The minimum absolute atomic E-state index is 0.00147. The van der Waals surface area contributed by atoms with Crippen molar-refractivity contribution in [1.82, 2.24) is 10.3 Å². The van der Waals surface area contributed by atoms with Crippen molar-refractivity contribution in [2.75, 3.05) is 7.05 Å². The van der Waals surface area contributed by atoms with Gasteiger partial charge in [0.15, 0.2) is 0 Å². The van der Waals surface area contributed by atoms with Crippen molar-refractivity contribution in [1.29, 1.82) is 0 Å². The molecule has 3 N–H and O–H groups in total. The normalized spacial score (nSPS) is 23.3. The molecule has 0 saturated heterocycles. The third-order valence-electron chi connectivity index (χ3n) is 7.77. The summed E-state index contributed by atoms with van der Waals surface area (Å²) < 4.78 is 0. The number of nitrogens with zero attached hydrogens (tertiary/aromatic N) is 3. The van der Waals surface area contributed by atoms with E-state index in [2.05, 4.69) is 60.5 Å². The number of carbonyl (C=O) groups excluding carboxylic acids is 1. The van der Waals surface area contributed by atoms with Gasteiger partial charge < -0.3 is 16.1 Å². The minimum atomic E-state index is -0.511. The Kier molecular flexibility index (Phi) is 8.04. The number of aliphatic imine (C=N–C) groups is 1. The lowest BCUT2D eigenvalue weighted by Crippen LogP contribution is -2.51. The number of hydrogen-bond donors (Lipinski definition) is 2. The van der Waals surface area contributed by atoms with Gasteiger partial charge in [0, 0.05) is 24.1 Å². The second-order valence-electron chi connectivity index (χ2n) is 10.4. The first kappa shape index (κ1) is 26.2. The Morgan fingerprint density at radius 1 is 1.22 bits per heavy atom. The van der Waals surface area contributed by atoms with Crippen molar-refractivity contribution in [2.24, 2.45) is 27.7 Å². The molecule has 2 aromatic rings. The van der Waals surface area contributed by atoms with Gasteiger partial charge in [-0.25, -0.2) is 0 Å². The molecule has 1 aliphatic carbocycles. The van der Waals surface area contributed by atoms with E-state index in [1.807, 2.05) is 24.3 Å². The van der Waals surface area contributed by atoms with Crippen molar-refractivity contribution in [3.8, 4) is 0 Å². The molecule has 192 valence electrons. The molecule has 36 heavy (non-hydrogen) atoms. The average molecular weight is 508 g/mol. The Morgan fingerprint density at radius 2 is 1.92 bits per heavy atom. The fourth-order valence-electron chi connectivity index (χ4n) is 5.81. The number of halogens is 1. The maximum absolute atomic E-state index is 14.1. The van der Waals surface area contributed by atoms with Crippen LogP contribution in [0.5, 0.6) is 0 Å². The zero-order valence-electron chi connectivity index (χ0n) is 21.8. The van der Waals surface area contributed by atoms with Crippen LogP contribution in [0, 0.1) is 11.8 Å². The number of hydrogen-bond acceptors (Lipinski definition) is 4. The lowest BCUT2D eigenvalue weighted by molar-refractivity contribution is -0.133. The van der Waals surface area contributed by atoms with E-state index in [4.69, 9.17) is 22.3 Å². The van der Waals surface area contributed by atoms with Gasteiger partial charge in [-0.2, -0.15) is 5.10 Å². The van der Waals surface area contributed by atoms with Gasteiger partial charge >= 0.3 is 0 Å². The molecule has 1 atom stereocenters. The van der Waals surface area contributed by atoms with Crippen LogP contribution < -0.4 is 11.2 Å². The van der Waals surface area contributed by atoms with Crippen LogP contribution in [-0.2, 0) is 11.2 Å². The second kappa shape index (κ2) is 11.0. The van der Waals surface area contributed by atoms with Crippen LogP contribution in [0.15, 0.2) is 58.6 Å². The average Bonchev–Trinajstić information content (AvgIpc) is 3.13. The molecule has 2 aromatic carbocycles. The Labute approximate surface area is 220 Å². The molecule has 1 spiro atoms. The zero-order valence-corrected chi connectivity index (χ0v) is 22.6. The zero-order chi connectivity index (χ0) is 25.9. The summed E-state index contributed by atoms with van der Waals surface area (Å²) in [4.78, 5) is 21.4. The summed E-state index contributed by atoms with van der Waals surface area (Å²) >= 11 is 6.29. The Bertz CT molecular complexity index is 1130. The first-order valence-corrected chi connectivity index (χ1v) is 13.4. The summed E-state index contributed by atoms with van der Waals surface area (Å²) in [5.74, 6) is 1.84. The van der Waals surface area contributed by atoms with Crippen LogP contribution in [0.1, 0.15) is 75.6 Å². The number of carbonyl (C=O) groups is 1. The topological polar surface area (TPSA) is 83.1 Å². The molecule has 2 aliphatic rings. The molecule has 0 bridgehead atoms. The van der Waals surface area contributed by atoms with E-state index in [-0.39, 0.29) is 11.9 Å². The van der Waals surface area contributed by atoms with Crippen molar-refractivity contribution < 1.29 is 4.79 Å². The highest BCUT2D eigenvalue weighted by Gasteiger charge is 2.51. The van der Waals surface area contributed by atoms with Crippen molar-refractivity contribution in [2.45, 2.75) is 71.0 Å². The summed E-state index contributed by atoms with van der Waals surface area (Å²) in [5, 5.41) is 4.67. The van der Waals surface area contributed by atoms with Gasteiger partial charge in [-0.15, -0.1) is 0 Å². The molecule has 6 nitrogen and oxygen atoms in total. The van der Waals surface area contributed by atoms with E-state index < -0.39 is 5.66 Å². The lowest BCUT2D eigenvalue weighted by atomic mass is 9.76. The molecule has 1 heterocycles. The van der Waals surface area contributed by atoms with Crippen LogP contribution in [-0.4, -0.2) is 35.1 Å². The summed E-state index contributed by atoms with van der Waals surface area (Å²) in [6.07, 6.45) is 5.31. The van der Waals surface area contributed by atoms with Crippen molar-refractivity contribution >= 4 is 29.1 Å². The maximum atomic E-state index is 14.1. The van der Waals surface area contributed by atoms with Crippen molar-refractivity contribution in [3.63, 3.8) is 0 Å². The lowest BCUT2D eigenvalue weighted by Gasteiger charge is -2.46. The summed E-state index contributed by atoms with van der Waals surface area (Å²) in [7, 11) is 1.74. The van der Waals surface area contributed by atoms with E-state index in [1.54, 1.807) is 7.05 Å².